The summed E-state index contributed by atoms with van der Waals surface area (Å²) in [6.45, 7) is 3.09. The van der Waals surface area contributed by atoms with Gasteiger partial charge in [-0.25, -0.2) is 4.79 Å². The minimum Gasteiger partial charge on any atom is -0.482 e. The number of anilines is 1. The number of benzene rings is 1. The Labute approximate surface area is 159 Å². The van der Waals surface area contributed by atoms with Gasteiger partial charge in [-0.05, 0) is 56.1 Å². The third-order valence-electron chi connectivity index (χ3n) is 5.60. The van der Waals surface area contributed by atoms with Gasteiger partial charge in [0.15, 0.2) is 6.61 Å². The van der Waals surface area contributed by atoms with Crippen LogP contribution in [0.15, 0.2) is 24.3 Å². The molecule has 7 heteroatoms. The van der Waals surface area contributed by atoms with Gasteiger partial charge in [0, 0.05) is 13.0 Å². The predicted octanol–water partition coefficient (Wildman–Crippen LogP) is 2.67. The largest absolute Gasteiger partial charge is 0.482 e. The van der Waals surface area contributed by atoms with Crippen LogP contribution in [0.3, 0.4) is 0 Å². The van der Waals surface area contributed by atoms with Crippen molar-refractivity contribution in [1.29, 1.82) is 0 Å². The molecule has 1 aromatic carbocycles. The van der Waals surface area contributed by atoms with E-state index in [1.807, 2.05) is 6.92 Å². The van der Waals surface area contributed by atoms with E-state index in [-0.39, 0.29) is 18.6 Å². The van der Waals surface area contributed by atoms with Crippen molar-refractivity contribution < 1.29 is 19.1 Å². The number of hydrogen-bond acceptors (Lipinski definition) is 4. The van der Waals surface area contributed by atoms with Gasteiger partial charge in [-0.2, -0.15) is 0 Å². The molecule has 2 bridgehead atoms. The Morgan fingerprint density at radius 1 is 1.19 bits per heavy atom. The Kier molecular flexibility index (Phi) is 5.98. The van der Waals surface area contributed by atoms with Crippen LogP contribution in [0.5, 0.6) is 5.75 Å². The first-order valence-electron chi connectivity index (χ1n) is 9.52. The van der Waals surface area contributed by atoms with E-state index in [1.165, 1.54) is 32.6 Å². The first-order valence-corrected chi connectivity index (χ1v) is 9.52. The minimum atomic E-state index is -0.537. The van der Waals surface area contributed by atoms with E-state index in [9.17, 15) is 14.4 Å². The molecule has 1 aromatic rings. The summed E-state index contributed by atoms with van der Waals surface area (Å²) in [6.07, 6.45) is 5.02. The van der Waals surface area contributed by atoms with Crippen LogP contribution >= 0.6 is 0 Å². The molecule has 2 aliphatic carbocycles. The monoisotopic (exact) mass is 373 g/mol. The van der Waals surface area contributed by atoms with Gasteiger partial charge in [0.1, 0.15) is 5.75 Å². The smallest absolute Gasteiger partial charge is 0.321 e. The highest BCUT2D eigenvalue weighted by molar-refractivity contribution is 5.95. The van der Waals surface area contributed by atoms with Crippen molar-refractivity contribution in [2.75, 3.05) is 11.9 Å². The summed E-state index contributed by atoms with van der Waals surface area (Å²) in [5, 5.41) is 7.83. The third-order valence-corrected chi connectivity index (χ3v) is 5.60. The highest BCUT2D eigenvalue weighted by atomic mass is 16.5. The molecule has 4 amide bonds. The SMILES string of the molecule is CC(=O)Nc1ccccc1OCC(=O)NC(=O)N[C@H](C)[C@@H]1C[C@H]2CC[C@H]1C2. The fourth-order valence-corrected chi connectivity index (χ4v) is 4.45. The molecule has 7 nitrogen and oxygen atoms in total. The fraction of sp³-hybridized carbons (Fsp3) is 0.550. The van der Waals surface area contributed by atoms with E-state index in [1.54, 1.807) is 24.3 Å². The van der Waals surface area contributed by atoms with Crippen molar-refractivity contribution in [3.8, 4) is 5.75 Å². The summed E-state index contributed by atoms with van der Waals surface area (Å²) in [5.41, 5.74) is 0.479. The lowest BCUT2D eigenvalue weighted by Gasteiger charge is -2.28. The number of fused-ring (bicyclic) bond motifs is 2. The third kappa shape index (κ3) is 4.99. The molecule has 0 unspecified atom stereocenters. The molecule has 3 N–H and O–H groups in total. The number of imide groups is 1. The molecule has 0 spiro atoms. The second kappa shape index (κ2) is 8.41. The molecular weight excluding hydrogens is 346 g/mol. The number of rotatable bonds is 6. The lowest BCUT2D eigenvalue weighted by molar-refractivity contribution is -0.122. The van der Waals surface area contributed by atoms with Crippen molar-refractivity contribution in [1.82, 2.24) is 10.6 Å². The number of amides is 4. The van der Waals surface area contributed by atoms with Gasteiger partial charge in [-0.1, -0.05) is 18.6 Å². The van der Waals surface area contributed by atoms with Gasteiger partial charge in [0.2, 0.25) is 5.91 Å². The maximum absolute atomic E-state index is 12.1. The molecule has 2 aliphatic rings. The van der Waals surface area contributed by atoms with Crippen LogP contribution in [0.4, 0.5) is 10.5 Å². The number of carbonyl (C=O) groups excluding carboxylic acids is 3. The van der Waals surface area contributed by atoms with E-state index in [0.29, 0.717) is 23.3 Å². The van der Waals surface area contributed by atoms with Crippen LogP contribution in [0.1, 0.15) is 39.5 Å². The van der Waals surface area contributed by atoms with Crippen LogP contribution in [0, 0.1) is 17.8 Å². The van der Waals surface area contributed by atoms with Crippen molar-refractivity contribution in [2.24, 2.45) is 17.8 Å². The zero-order valence-corrected chi connectivity index (χ0v) is 15.8. The Balaban J connectivity index is 1.44. The maximum Gasteiger partial charge on any atom is 0.321 e. The zero-order chi connectivity index (χ0) is 19.4. The van der Waals surface area contributed by atoms with Gasteiger partial charge in [-0.15, -0.1) is 0 Å². The van der Waals surface area contributed by atoms with E-state index in [4.69, 9.17) is 4.74 Å². The van der Waals surface area contributed by atoms with Gasteiger partial charge < -0.3 is 15.4 Å². The molecule has 0 aliphatic heterocycles. The van der Waals surface area contributed by atoms with Crippen molar-refractivity contribution in [3.05, 3.63) is 24.3 Å². The quantitative estimate of drug-likeness (QED) is 0.714. The van der Waals surface area contributed by atoms with Crippen molar-refractivity contribution >= 4 is 23.5 Å². The highest BCUT2D eigenvalue weighted by Crippen LogP contribution is 2.49. The van der Waals surface area contributed by atoms with Gasteiger partial charge in [-0.3, -0.25) is 14.9 Å². The average molecular weight is 373 g/mol. The summed E-state index contributed by atoms with van der Waals surface area (Å²) in [6, 6.07) is 6.38. The molecule has 2 fully saturated rings. The maximum atomic E-state index is 12.1. The van der Waals surface area contributed by atoms with E-state index < -0.39 is 11.9 Å². The second-order valence-corrected chi connectivity index (χ2v) is 7.62. The van der Waals surface area contributed by atoms with Crippen LogP contribution in [-0.2, 0) is 9.59 Å². The Morgan fingerprint density at radius 2 is 1.96 bits per heavy atom. The minimum absolute atomic E-state index is 0.0505. The first-order chi connectivity index (χ1) is 12.9. The highest BCUT2D eigenvalue weighted by Gasteiger charge is 2.42. The first kappa shape index (κ1) is 19.2. The van der Waals surface area contributed by atoms with E-state index in [0.717, 1.165) is 5.92 Å². The molecule has 0 saturated heterocycles. The molecule has 27 heavy (non-hydrogen) atoms. The lowest BCUT2D eigenvalue weighted by atomic mass is 9.84. The van der Waals surface area contributed by atoms with Crippen LogP contribution < -0.4 is 20.7 Å². The molecule has 2 saturated carbocycles. The normalized spacial score (nSPS) is 24.1. The number of carbonyl (C=O) groups is 3. The molecule has 4 atom stereocenters. The molecular formula is C20H27N3O4. The Hall–Kier alpha value is -2.57. The standard InChI is InChI=1S/C20H27N3O4/c1-12(16-10-14-7-8-15(16)9-14)21-20(26)23-19(25)11-27-18-6-4-3-5-17(18)22-13(2)24/h3-6,12,14-16H,7-11H2,1-2H3,(H,22,24)(H2,21,23,25,26)/t12-,14+,15+,16+/m1/s1. The van der Waals surface area contributed by atoms with Gasteiger partial charge in [0.25, 0.3) is 5.91 Å². The topological polar surface area (TPSA) is 96.5 Å². The van der Waals surface area contributed by atoms with Gasteiger partial charge >= 0.3 is 6.03 Å². The molecule has 0 radical (unpaired) electrons. The average Bonchev–Trinajstić information content (AvgIpc) is 3.23. The lowest BCUT2D eigenvalue weighted by Crippen LogP contribution is -2.48. The predicted molar refractivity (Wildman–Crippen MR) is 101 cm³/mol. The van der Waals surface area contributed by atoms with Crippen LogP contribution in [-0.4, -0.2) is 30.5 Å². The fourth-order valence-electron chi connectivity index (χ4n) is 4.45. The Morgan fingerprint density at radius 3 is 2.63 bits per heavy atom. The molecule has 3 rings (SSSR count). The van der Waals surface area contributed by atoms with E-state index in [2.05, 4.69) is 16.0 Å². The summed E-state index contributed by atoms with van der Waals surface area (Å²) < 4.78 is 5.44. The number of nitrogens with one attached hydrogen (secondary N) is 3. The zero-order valence-electron chi connectivity index (χ0n) is 15.8. The summed E-state index contributed by atoms with van der Waals surface area (Å²) in [7, 11) is 0. The number of urea groups is 1. The van der Waals surface area contributed by atoms with Crippen molar-refractivity contribution in [3.63, 3.8) is 0 Å². The number of hydrogen-bond donors (Lipinski definition) is 3. The summed E-state index contributed by atoms with van der Waals surface area (Å²) >= 11 is 0. The number of ether oxygens (including phenoxy) is 1. The summed E-state index contributed by atoms with van der Waals surface area (Å²) in [4.78, 5) is 35.3. The van der Waals surface area contributed by atoms with Gasteiger partial charge in [0.05, 0.1) is 5.69 Å². The molecule has 0 aromatic heterocycles. The van der Waals surface area contributed by atoms with Crippen LogP contribution in [0.25, 0.3) is 0 Å². The van der Waals surface area contributed by atoms with Crippen LogP contribution in [0.2, 0.25) is 0 Å². The number of para-hydroxylation sites is 2. The van der Waals surface area contributed by atoms with Crippen molar-refractivity contribution in [2.45, 2.75) is 45.6 Å². The summed E-state index contributed by atoms with van der Waals surface area (Å²) in [5.74, 6) is 1.62. The second-order valence-electron chi connectivity index (χ2n) is 7.62. The molecule has 0 heterocycles. The Bertz CT molecular complexity index is 721. The molecule has 146 valence electrons. The van der Waals surface area contributed by atoms with E-state index >= 15 is 0 Å².